The van der Waals surface area contributed by atoms with Gasteiger partial charge < -0.3 is 9.66 Å². The lowest BCUT2D eigenvalue weighted by Gasteiger charge is -2.03. The van der Waals surface area contributed by atoms with Crippen LogP contribution in [-0.4, -0.2) is 19.8 Å². The number of hydrogen-bond acceptors (Lipinski definition) is 2. The second-order valence-electron chi connectivity index (χ2n) is 2.66. The Labute approximate surface area is 81.7 Å². The maximum Gasteiger partial charge on any atom is 0.335 e. The smallest absolute Gasteiger partial charge is 0.335 e. The molecule has 1 aromatic rings. The van der Waals surface area contributed by atoms with Crippen LogP contribution in [0, 0.1) is 12.7 Å². The minimum absolute atomic E-state index is 0.0299. The van der Waals surface area contributed by atoms with Gasteiger partial charge in [-0.15, -0.1) is 0 Å². The number of benzene rings is 1. The van der Waals surface area contributed by atoms with Crippen molar-refractivity contribution in [2.45, 2.75) is 11.8 Å². The van der Waals surface area contributed by atoms with Gasteiger partial charge in [-0.25, -0.2) is 13.4 Å². The highest BCUT2D eigenvalue weighted by atomic mass is 32.2. The largest absolute Gasteiger partial charge is 0.478 e. The molecule has 1 aromatic carbocycles. The molecule has 0 bridgehead atoms. The van der Waals surface area contributed by atoms with E-state index in [0.717, 1.165) is 12.1 Å². The van der Waals surface area contributed by atoms with Crippen molar-refractivity contribution >= 4 is 17.0 Å². The number of halogens is 1. The Bertz CT molecular complexity index is 416. The molecule has 0 heterocycles. The van der Waals surface area contributed by atoms with E-state index in [1.54, 1.807) is 0 Å². The van der Waals surface area contributed by atoms with Crippen LogP contribution in [0.4, 0.5) is 4.39 Å². The van der Waals surface area contributed by atoms with Crippen molar-refractivity contribution in [3.63, 3.8) is 0 Å². The molecule has 6 heteroatoms. The van der Waals surface area contributed by atoms with Gasteiger partial charge in [0, 0.05) is 0 Å². The van der Waals surface area contributed by atoms with Crippen LogP contribution in [0.3, 0.4) is 0 Å². The van der Waals surface area contributed by atoms with Gasteiger partial charge in [-0.3, -0.25) is 0 Å². The molecule has 0 saturated heterocycles. The van der Waals surface area contributed by atoms with Crippen LogP contribution in [0.5, 0.6) is 0 Å². The number of carboxylic acid groups (broad SMARTS) is 1. The maximum absolute atomic E-state index is 13.1. The van der Waals surface area contributed by atoms with Crippen LogP contribution in [0.25, 0.3) is 0 Å². The lowest BCUT2D eigenvalue weighted by molar-refractivity contribution is 0.0696. The normalized spacial score (nSPS) is 12.5. The van der Waals surface area contributed by atoms with Gasteiger partial charge in [0.2, 0.25) is 0 Å². The van der Waals surface area contributed by atoms with E-state index in [1.807, 2.05) is 0 Å². The van der Waals surface area contributed by atoms with Crippen LogP contribution in [0.15, 0.2) is 17.0 Å². The Morgan fingerprint density at radius 1 is 1.50 bits per heavy atom. The Kier molecular flexibility index (Phi) is 2.97. The number of aromatic carboxylic acids is 1. The van der Waals surface area contributed by atoms with E-state index in [-0.39, 0.29) is 11.1 Å². The SMILES string of the molecule is Cc1cc(C(=O)O)cc(S(=O)O)c1F. The Balaban J connectivity index is 3.43. The van der Waals surface area contributed by atoms with Crippen molar-refractivity contribution < 1.29 is 23.1 Å². The molecule has 76 valence electrons. The molecule has 0 radical (unpaired) electrons. The molecule has 0 fully saturated rings. The van der Waals surface area contributed by atoms with Gasteiger partial charge in [-0.05, 0) is 24.6 Å². The first kappa shape index (κ1) is 10.8. The number of carbonyl (C=O) groups is 1. The molecular formula is C8H7FO4S. The molecule has 0 aromatic heterocycles. The summed E-state index contributed by atoms with van der Waals surface area (Å²) in [6, 6.07) is 1.95. The maximum atomic E-state index is 13.1. The summed E-state index contributed by atoms with van der Waals surface area (Å²) >= 11 is -2.52. The highest BCUT2D eigenvalue weighted by Crippen LogP contribution is 2.18. The third-order valence-electron chi connectivity index (χ3n) is 1.66. The third kappa shape index (κ3) is 1.97. The lowest BCUT2D eigenvalue weighted by atomic mass is 10.1. The summed E-state index contributed by atoms with van der Waals surface area (Å²) in [5, 5.41) is 8.60. The van der Waals surface area contributed by atoms with Crippen molar-refractivity contribution in [3.05, 3.63) is 29.1 Å². The molecule has 0 aliphatic rings. The van der Waals surface area contributed by atoms with E-state index < -0.39 is 27.8 Å². The number of rotatable bonds is 2. The summed E-state index contributed by atoms with van der Waals surface area (Å²) in [6.45, 7) is 1.33. The average molecular weight is 218 g/mol. The van der Waals surface area contributed by atoms with E-state index in [4.69, 9.17) is 9.66 Å². The fraction of sp³-hybridized carbons (Fsp3) is 0.125. The van der Waals surface area contributed by atoms with E-state index in [0.29, 0.717) is 0 Å². The van der Waals surface area contributed by atoms with Crippen LogP contribution in [0.1, 0.15) is 15.9 Å². The van der Waals surface area contributed by atoms with Gasteiger partial charge in [0.25, 0.3) is 0 Å². The molecule has 4 nitrogen and oxygen atoms in total. The van der Waals surface area contributed by atoms with Crippen molar-refractivity contribution in [2.24, 2.45) is 0 Å². The van der Waals surface area contributed by atoms with Crippen LogP contribution in [-0.2, 0) is 11.1 Å². The van der Waals surface area contributed by atoms with Gasteiger partial charge in [0.15, 0.2) is 11.1 Å². The molecule has 1 rings (SSSR count). The Morgan fingerprint density at radius 3 is 2.50 bits per heavy atom. The number of hydrogen-bond donors (Lipinski definition) is 2. The standard InChI is InChI=1S/C8H7FO4S/c1-4-2-5(8(10)11)3-6(7(4)9)14(12)13/h2-3H,1H3,(H,10,11)(H,12,13). The Hall–Kier alpha value is -1.27. The molecule has 0 aliphatic heterocycles. The first-order valence-electron chi connectivity index (χ1n) is 3.57. The first-order chi connectivity index (χ1) is 6.43. The van der Waals surface area contributed by atoms with Crippen LogP contribution >= 0.6 is 0 Å². The molecule has 0 aliphatic carbocycles. The first-order valence-corrected chi connectivity index (χ1v) is 4.68. The summed E-state index contributed by atoms with van der Waals surface area (Å²) in [5.41, 5.74) is -0.177. The van der Waals surface area contributed by atoms with Crippen LogP contribution < -0.4 is 0 Å². The van der Waals surface area contributed by atoms with Gasteiger partial charge >= 0.3 is 5.97 Å². The number of carboxylic acids is 1. The summed E-state index contributed by atoms with van der Waals surface area (Å²) in [4.78, 5) is 10.0. The third-order valence-corrected chi connectivity index (χ3v) is 2.33. The monoisotopic (exact) mass is 218 g/mol. The van der Waals surface area contributed by atoms with E-state index in [2.05, 4.69) is 0 Å². The predicted molar refractivity (Wildman–Crippen MR) is 47.1 cm³/mol. The second-order valence-corrected chi connectivity index (χ2v) is 3.60. The number of aryl methyl sites for hydroxylation is 1. The summed E-state index contributed by atoms with van der Waals surface area (Å²) in [7, 11) is 0. The van der Waals surface area contributed by atoms with Gasteiger partial charge in [-0.1, -0.05) is 0 Å². The molecule has 1 unspecified atom stereocenters. The highest BCUT2D eigenvalue weighted by Gasteiger charge is 2.15. The highest BCUT2D eigenvalue weighted by molar-refractivity contribution is 7.79. The summed E-state index contributed by atoms with van der Waals surface area (Å²) in [6.07, 6.45) is 0. The van der Waals surface area contributed by atoms with Gasteiger partial charge in [0.1, 0.15) is 10.7 Å². The molecule has 2 N–H and O–H groups in total. The van der Waals surface area contributed by atoms with E-state index in [9.17, 15) is 13.4 Å². The zero-order valence-corrected chi connectivity index (χ0v) is 7.97. The fourth-order valence-corrected chi connectivity index (χ4v) is 1.53. The van der Waals surface area contributed by atoms with Gasteiger partial charge in [0.05, 0.1) is 5.56 Å². The van der Waals surface area contributed by atoms with Gasteiger partial charge in [-0.2, -0.15) is 0 Å². The molecule has 0 amide bonds. The quantitative estimate of drug-likeness (QED) is 0.736. The van der Waals surface area contributed by atoms with Crippen molar-refractivity contribution in [3.8, 4) is 0 Å². The van der Waals surface area contributed by atoms with E-state index in [1.165, 1.54) is 6.92 Å². The van der Waals surface area contributed by atoms with Crippen molar-refractivity contribution in [1.82, 2.24) is 0 Å². The zero-order valence-electron chi connectivity index (χ0n) is 7.15. The van der Waals surface area contributed by atoms with Crippen molar-refractivity contribution in [1.29, 1.82) is 0 Å². The second kappa shape index (κ2) is 3.85. The topological polar surface area (TPSA) is 74.6 Å². The minimum Gasteiger partial charge on any atom is -0.478 e. The molecule has 0 saturated carbocycles. The zero-order chi connectivity index (χ0) is 10.9. The predicted octanol–water partition coefficient (Wildman–Crippen LogP) is 1.41. The molecule has 0 spiro atoms. The average Bonchev–Trinajstić information content (AvgIpc) is 2.08. The van der Waals surface area contributed by atoms with E-state index >= 15 is 0 Å². The molecule has 1 atom stereocenters. The minimum atomic E-state index is -2.52. The molecular weight excluding hydrogens is 211 g/mol. The summed E-state index contributed by atoms with van der Waals surface area (Å²) in [5.74, 6) is -2.12. The van der Waals surface area contributed by atoms with Crippen LogP contribution in [0.2, 0.25) is 0 Å². The fourth-order valence-electron chi connectivity index (χ4n) is 0.988. The van der Waals surface area contributed by atoms with Crippen molar-refractivity contribution in [2.75, 3.05) is 0 Å². The lowest BCUT2D eigenvalue weighted by Crippen LogP contribution is -2.03. The molecule has 14 heavy (non-hydrogen) atoms. The summed E-state index contributed by atoms with van der Waals surface area (Å²) < 4.78 is 32.5. The Morgan fingerprint density at radius 2 is 2.07 bits per heavy atom.